The van der Waals surface area contributed by atoms with E-state index >= 15 is 0 Å². The van der Waals surface area contributed by atoms with E-state index in [4.69, 9.17) is 0 Å². The van der Waals surface area contributed by atoms with Gasteiger partial charge in [0.2, 0.25) is 0 Å². The molecule has 1 aromatic carbocycles. The first-order valence-electron chi connectivity index (χ1n) is 4.26. The molecule has 0 nitrogen and oxygen atoms in total. The summed E-state index contributed by atoms with van der Waals surface area (Å²) in [6, 6.07) is 10.8. The molecule has 1 heteroatoms. The van der Waals surface area contributed by atoms with E-state index in [9.17, 15) is 0 Å². The number of hydrogen-bond acceptors (Lipinski definition) is 0. The van der Waals surface area contributed by atoms with Crippen LogP contribution in [0.15, 0.2) is 30.3 Å². The van der Waals surface area contributed by atoms with Crippen molar-refractivity contribution in [3.8, 4) is 0 Å². The minimum atomic E-state index is 0.482. The summed E-state index contributed by atoms with van der Waals surface area (Å²) in [5, 5.41) is 1.32. The molecule has 1 rings (SSSR count). The normalized spacial score (nSPS) is 11.6. The Morgan fingerprint density at radius 1 is 1.08 bits per heavy atom. The molecule has 0 atom stereocenters. The van der Waals surface area contributed by atoms with Gasteiger partial charge in [0.15, 0.2) is 0 Å². The molecule has 66 valence electrons. The van der Waals surface area contributed by atoms with Crippen LogP contribution in [0.3, 0.4) is 0 Å². The summed E-state index contributed by atoms with van der Waals surface area (Å²) in [5.41, 5.74) is 0.482. The summed E-state index contributed by atoms with van der Waals surface area (Å²) < 4.78 is 1.51. The Bertz CT molecular complexity index is 221. The van der Waals surface area contributed by atoms with Crippen LogP contribution >= 0.6 is 0 Å². The standard InChI is InChI=1S/C11H16Se/c1-11(2,3)9-12-10-7-5-4-6-8-10/h4-8H,9H2,1-3H3. The minimum absolute atomic E-state index is 0.482. The fourth-order valence-corrected chi connectivity index (χ4v) is 2.81. The van der Waals surface area contributed by atoms with Gasteiger partial charge in [0.1, 0.15) is 0 Å². The van der Waals surface area contributed by atoms with Crippen molar-refractivity contribution >= 4 is 19.4 Å². The molecule has 0 unspecified atom stereocenters. The second kappa shape index (κ2) is 4.11. The van der Waals surface area contributed by atoms with Crippen LogP contribution in [0, 0.1) is 5.41 Å². The van der Waals surface area contributed by atoms with Crippen LogP contribution in [0.4, 0.5) is 0 Å². The van der Waals surface area contributed by atoms with Crippen molar-refractivity contribution < 1.29 is 0 Å². The monoisotopic (exact) mass is 228 g/mol. The molecular formula is C11H16Se. The van der Waals surface area contributed by atoms with Crippen LogP contribution < -0.4 is 4.46 Å². The average Bonchev–Trinajstić information content (AvgIpc) is 2.02. The van der Waals surface area contributed by atoms with Crippen molar-refractivity contribution in [2.75, 3.05) is 0 Å². The van der Waals surface area contributed by atoms with Gasteiger partial charge in [-0.1, -0.05) is 0 Å². The summed E-state index contributed by atoms with van der Waals surface area (Å²) in [7, 11) is 0. The summed E-state index contributed by atoms with van der Waals surface area (Å²) in [6.45, 7) is 6.91. The maximum atomic E-state index is 2.30. The van der Waals surface area contributed by atoms with Gasteiger partial charge in [0.05, 0.1) is 0 Å². The van der Waals surface area contributed by atoms with Crippen LogP contribution in [0.2, 0.25) is 5.32 Å². The molecule has 0 aliphatic rings. The van der Waals surface area contributed by atoms with Crippen LogP contribution in [0.25, 0.3) is 0 Å². The van der Waals surface area contributed by atoms with E-state index in [-0.39, 0.29) is 0 Å². The van der Waals surface area contributed by atoms with Gasteiger partial charge in [-0.2, -0.15) is 0 Å². The zero-order valence-corrected chi connectivity index (χ0v) is 9.72. The molecular weight excluding hydrogens is 211 g/mol. The average molecular weight is 227 g/mol. The van der Waals surface area contributed by atoms with E-state index in [2.05, 4.69) is 51.1 Å². The number of hydrogen-bond donors (Lipinski definition) is 0. The second-order valence-corrected chi connectivity index (χ2v) is 6.36. The molecule has 0 saturated carbocycles. The Labute approximate surface area is 81.5 Å². The van der Waals surface area contributed by atoms with E-state index in [0.29, 0.717) is 20.4 Å². The van der Waals surface area contributed by atoms with Gasteiger partial charge in [0.25, 0.3) is 0 Å². The van der Waals surface area contributed by atoms with Crippen molar-refractivity contribution in [1.29, 1.82) is 0 Å². The SMILES string of the molecule is CC(C)(C)C[Se]c1ccccc1. The Hall–Kier alpha value is -0.261. The van der Waals surface area contributed by atoms with Crippen molar-refractivity contribution in [3.63, 3.8) is 0 Å². The van der Waals surface area contributed by atoms with E-state index in [1.807, 2.05) is 0 Å². The fourth-order valence-electron chi connectivity index (χ4n) is 0.817. The maximum absolute atomic E-state index is 2.30. The summed E-state index contributed by atoms with van der Waals surface area (Å²) in [4.78, 5) is 0. The molecule has 0 N–H and O–H groups in total. The van der Waals surface area contributed by atoms with E-state index in [0.717, 1.165) is 0 Å². The topological polar surface area (TPSA) is 0 Å². The van der Waals surface area contributed by atoms with Gasteiger partial charge >= 0.3 is 81.3 Å². The van der Waals surface area contributed by atoms with Crippen molar-refractivity contribution in [2.24, 2.45) is 5.41 Å². The van der Waals surface area contributed by atoms with Gasteiger partial charge in [-0.3, -0.25) is 0 Å². The summed E-state index contributed by atoms with van der Waals surface area (Å²) in [5.74, 6) is 0. The summed E-state index contributed by atoms with van der Waals surface area (Å²) >= 11 is 0.652. The molecule has 1 aromatic rings. The second-order valence-electron chi connectivity index (χ2n) is 4.16. The van der Waals surface area contributed by atoms with Crippen LogP contribution in [-0.2, 0) is 0 Å². The van der Waals surface area contributed by atoms with E-state index in [1.165, 1.54) is 9.78 Å². The fraction of sp³-hybridized carbons (Fsp3) is 0.455. The van der Waals surface area contributed by atoms with Gasteiger partial charge in [-0.15, -0.1) is 0 Å². The molecule has 0 bridgehead atoms. The third-order valence-corrected chi connectivity index (χ3v) is 4.81. The third kappa shape index (κ3) is 3.94. The quantitative estimate of drug-likeness (QED) is 0.681. The molecule has 0 spiro atoms. The number of benzene rings is 1. The molecule has 12 heavy (non-hydrogen) atoms. The van der Waals surface area contributed by atoms with Gasteiger partial charge < -0.3 is 0 Å². The first-order chi connectivity index (χ1) is 5.58. The van der Waals surface area contributed by atoms with Crippen LogP contribution in [-0.4, -0.2) is 15.0 Å². The zero-order chi connectivity index (χ0) is 9.03. The predicted octanol–water partition coefficient (Wildman–Crippen LogP) is 2.48. The molecule has 0 aliphatic heterocycles. The molecule has 0 saturated heterocycles. The van der Waals surface area contributed by atoms with Crippen LogP contribution in [0.1, 0.15) is 20.8 Å². The number of rotatable bonds is 2. The Morgan fingerprint density at radius 2 is 1.67 bits per heavy atom. The molecule has 0 radical (unpaired) electrons. The van der Waals surface area contributed by atoms with Gasteiger partial charge in [0, 0.05) is 0 Å². The van der Waals surface area contributed by atoms with Gasteiger partial charge in [-0.05, 0) is 0 Å². The molecule has 0 amide bonds. The first-order valence-corrected chi connectivity index (χ1v) is 6.32. The molecule has 0 aromatic heterocycles. The Kier molecular flexibility index (Phi) is 3.37. The van der Waals surface area contributed by atoms with E-state index < -0.39 is 0 Å². The molecule has 0 heterocycles. The van der Waals surface area contributed by atoms with Crippen molar-refractivity contribution in [2.45, 2.75) is 26.1 Å². The van der Waals surface area contributed by atoms with Crippen LogP contribution in [0.5, 0.6) is 0 Å². The van der Waals surface area contributed by atoms with Gasteiger partial charge in [-0.25, -0.2) is 0 Å². The molecule has 0 aliphatic carbocycles. The summed E-state index contributed by atoms with van der Waals surface area (Å²) in [6.07, 6.45) is 0. The zero-order valence-electron chi connectivity index (χ0n) is 8.00. The Balaban J connectivity index is 2.44. The van der Waals surface area contributed by atoms with Crippen molar-refractivity contribution in [3.05, 3.63) is 30.3 Å². The predicted molar refractivity (Wildman–Crippen MR) is 56.1 cm³/mol. The van der Waals surface area contributed by atoms with E-state index in [1.54, 1.807) is 0 Å². The first kappa shape index (κ1) is 9.82. The molecule has 0 fully saturated rings. The Morgan fingerprint density at radius 3 is 2.17 bits per heavy atom. The van der Waals surface area contributed by atoms with Crippen molar-refractivity contribution in [1.82, 2.24) is 0 Å². The third-order valence-electron chi connectivity index (χ3n) is 1.42.